The number of benzene rings is 3. The van der Waals surface area contributed by atoms with Gasteiger partial charge in [-0.3, -0.25) is 14.6 Å². The summed E-state index contributed by atoms with van der Waals surface area (Å²) in [5, 5.41) is 11.4. The van der Waals surface area contributed by atoms with Gasteiger partial charge in [0.05, 0.1) is 17.3 Å². The Labute approximate surface area is 238 Å². The number of halogens is 4. The Kier molecular flexibility index (Phi) is 8.77. The van der Waals surface area contributed by atoms with Gasteiger partial charge in [-0.15, -0.1) is 0 Å². The van der Waals surface area contributed by atoms with E-state index in [0.29, 0.717) is 31.7 Å². The molecule has 2 fully saturated rings. The zero-order valence-electron chi connectivity index (χ0n) is 22.8. The minimum absolute atomic E-state index is 0.0267. The number of nitrogens with zero attached hydrogens (tertiary/aromatic N) is 3. The van der Waals surface area contributed by atoms with Crippen LogP contribution in [0.5, 0.6) is 0 Å². The van der Waals surface area contributed by atoms with E-state index in [0.717, 1.165) is 30.9 Å². The van der Waals surface area contributed by atoms with Crippen molar-refractivity contribution in [3.63, 3.8) is 0 Å². The van der Waals surface area contributed by atoms with Crippen molar-refractivity contribution in [1.29, 1.82) is 0 Å². The minimum atomic E-state index is -4.50. The molecule has 2 heterocycles. The van der Waals surface area contributed by atoms with Crippen molar-refractivity contribution < 1.29 is 27.5 Å². The first-order valence-corrected chi connectivity index (χ1v) is 14.1. The molecule has 0 saturated carbocycles. The number of likely N-dealkylation sites (tertiary alicyclic amines) is 1. The largest absolute Gasteiger partial charge is 0.416 e. The number of ketones is 1. The zero-order chi connectivity index (χ0) is 29.0. The molecule has 2 aliphatic rings. The van der Waals surface area contributed by atoms with Crippen LogP contribution in [0.4, 0.5) is 23.2 Å². The van der Waals surface area contributed by atoms with Gasteiger partial charge >= 0.3 is 6.18 Å². The molecule has 2 unspecified atom stereocenters. The van der Waals surface area contributed by atoms with Crippen LogP contribution in [0.25, 0.3) is 0 Å². The number of anilines is 1. The van der Waals surface area contributed by atoms with Crippen molar-refractivity contribution in [3.8, 4) is 0 Å². The van der Waals surface area contributed by atoms with Crippen LogP contribution in [0.1, 0.15) is 40.7 Å². The molecule has 2 saturated heterocycles. The Bertz CT molecular complexity index is 1290. The predicted molar refractivity (Wildman–Crippen MR) is 150 cm³/mol. The highest BCUT2D eigenvalue weighted by Crippen LogP contribution is 2.38. The zero-order valence-corrected chi connectivity index (χ0v) is 22.8. The minimum Gasteiger partial charge on any atom is -0.385 e. The number of rotatable bonds is 8. The third-order valence-electron chi connectivity index (χ3n) is 8.39. The van der Waals surface area contributed by atoms with Gasteiger partial charge in [0.1, 0.15) is 0 Å². The van der Waals surface area contributed by atoms with E-state index in [1.807, 2.05) is 18.2 Å². The van der Waals surface area contributed by atoms with Crippen LogP contribution >= 0.6 is 0 Å². The highest BCUT2D eigenvalue weighted by Gasteiger charge is 2.41. The van der Waals surface area contributed by atoms with Crippen molar-refractivity contribution in [2.75, 3.05) is 44.2 Å². The summed E-state index contributed by atoms with van der Waals surface area (Å²) in [6, 6.07) is 23.4. The van der Waals surface area contributed by atoms with Crippen molar-refractivity contribution >= 4 is 11.5 Å². The second kappa shape index (κ2) is 12.3. The van der Waals surface area contributed by atoms with E-state index in [1.165, 1.54) is 12.1 Å². The first kappa shape index (κ1) is 29.2. The number of carbonyl (C=O) groups is 1. The van der Waals surface area contributed by atoms with E-state index in [4.69, 9.17) is 0 Å². The van der Waals surface area contributed by atoms with Crippen LogP contribution in [0, 0.1) is 0 Å². The summed E-state index contributed by atoms with van der Waals surface area (Å²) in [5.41, 5.74) is -0.522. The molecule has 3 aromatic rings. The van der Waals surface area contributed by atoms with Gasteiger partial charge in [0.25, 0.3) is 0 Å². The maximum absolute atomic E-state index is 15.6. The lowest BCUT2D eigenvalue weighted by Crippen LogP contribution is -2.59. The molecule has 41 heavy (non-hydrogen) atoms. The van der Waals surface area contributed by atoms with Crippen LogP contribution in [0.15, 0.2) is 84.9 Å². The standard InChI is InChI=1S/C32H35F4N3O2/c33-28(30(40)24-8-3-1-4-9-24)23-29(39-20-18-37(19-21-39)27-12-5-2-6-13-27)38-16-14-31(41,15-17-38)25-10-7-11-26(22-25)32(34,35)36/h1-13,22,28-29,41H,14-21,23H2. The summed E-state index contributed by atoms with van der Waals surface area (Å²) in [7, 11) is 0. The van der Waals surface area contributed by atoms with Gasteiger partial charge in [0.2, 0.25) is 0 Å². The number of carbonyl (C=O) groups excluding carboxylic acids is 1. The Morgan fingerprint density at radius 3 is 2.00 bits per heavy atom. The number of hydrogen-bond donors (Lipinski definition) is 1. The highest BCUT2D eigenvalue weighted by atomic mass is 19.4. The van der Waals surface area contributed by atoms with Gasteiger partial charge < -0.3 is 10.0 Å². The van der Waals surface area contributed by atoms with E-state index >= 15 is 4.39 Å². The van der Waals surface area contributed by atoms with E-state index in [-0.39, 0.29) is 31.0 Å². The number of hydrogen-bond acceptors (Lipinski definition) is 5. The van der Waals surface area contributed by atoms with Crippen LogP contribution in [-0.2, 0) is 11.8 Å². The second-order valence-corrected chi connectivity index (χ2v) is 10.9. The third kappa shape index (κ3) is 6.80. The van der Waals surface area contributed by atoms with E-state index in [1.54, 1.807) is 30.3 Å². The summed E-state index contributed by atoms with van der Waals surface area (Å²) < 4.78 is 55.5. The van der Waals surface area contributed by atoms with Crippen LogP contribution in [-0.4, -0.2) is 72.3 Å². The number of para-hydroxylation sites is 1. The predicted octanol–water partition coefficient (Wildman–Crippen LogP) is 5.75. The fourth-order valence-electron chi connectivity index (χ4n) is 5.99. The molecular formula is C32H35F4N3O2. The summed E-state index contributed by atoms with van der Waals surface area (Å²) in [6.07, 6.45) is -6.21. The van der Waals surface area contributed by atoms with Gasteiger partial charge in [0.15, 0.2) is 12.0 Å². The molecule has 3 aromatic carbocycles. The summed E-state index contributed by atoms with van der Waals surface area (Å²) >= 11 is 0. The molecule has 5 rings (SSSR count). The van der Waals surface area contributed by atoms with E-state index in [9.17, 15) is 23.1 Å². The summed E-state index contributed by atoms with van der Waals surface area (Å²) in [6.45, 7) is 3.55. The molecule has 0 bridgehead atoms. The fraction of sp³-hybridized carbons (Fsp3) is 0.406. The Morgan fingerprint density at radius 2 is 1.39 bits per heavy atom. The molecule has 9 heteroatoms. The topological polar surface area (TPSA) is 47.0 Å². The van der Waals surface area contributed by atoms with Gasteiger partial charge in [-0.2, -0.15) is 13.2 Å². The fourth-order valence-corrected chi connectivity index (χ4v) is 5.99. The number of aliphatic hydroxyl groups is 1. The normalized spacial score (nSPS) is 20.0. The molecule has 0 spiro atoms. The quantitative estimate of drug-likeness (QED) is 0.277. The van der Waals surface area contributed by atoms with Gasteiger partial charge in [-0.05, 0) is 42.7 Å². The van der Waals surface area contributed by atoms with Crippen molar-refractivity contribution in [2.24, 2.45) is 0 Å². The Balaban J connectivity index is 1.31. The molecule has 218 valence electrons. The highest BCUT2D eigenvalue weighted by molar-refractivity contribution is 5.99. The SMILES string of the molecule is O=C(c1ccccc1)C(F)CC(N1CCN(c2ccccc2)CC1)N1CCC(O)(c2cccc(C(F)(F)F)c2)CC1. The van der Waals surface area contributed by atoms with Crippen molar-refractivity contribution in [3.05, 3.63) is 102 Å². The molecule has 2 atom stereocenters. The van der Waals surface area contributed by atoms with Crippen molar-refractivity contribution in [2.45, 2.75) is 43.4 Å². The van der Waals surface area contributed by atoms with Crippen molar-refractivity contribution in [1.82, 2.24) is 9.80 Å². The summed E-state index contributed by atoms with van der Waals surface area (Å²) in [4.78, 5) is 19.5. The second-order valence-electron chi connectivity index (χ2n) is 10.9. The number of piperidine rings is 1. The first-order valence-electron chi connectivity index (χ1n) is 14.1. The lowest BCUT2D eigenvalue weighted by atomic mass is 9.83. The smallest absolute Gasteiger partial charge is 0.385 e. The van der Waals surface area contributed by atoms with E-state index < -0.39 is 29.3 Å². The molecule has 0 radical (unpaired) electrons. The molecule has 5 nitrogen and oxygen atoms in total. The number of alkyl halides is 4. The van der Waals surface area contributed by atoms with Crippen LogP contribution < -0.4 is 4.90 Å². The monoisotopic (exact) mass is 569 g/mol. The van der Waals surface area contributed by atoms with Gasteiger partial charge in [-0.25, -0.2) is 4.39 Å². The third-order valence-corrected chi connectivity index (χ3v) is 8.39. The molecule has 1 N–H and O–H groups in total. The maximum Gasteiger partial charge on any atom is 0.416 e. The molecule has 0 aromatic heterocycles. The first-order chi connectivity index (χ1) is 19.6. The average Bonchev–Trinajstić information content (AvgIpc) is 3.00. The Morgan fingerprint density at radius 1 is 0.805 bits per heavy atom. The van der Waals surface area contributed by atoms with E-state index in [2.05, 4.69) is 26.8 Å². The lowest BCUT2D eigenvalue weighted by molar-refractivity contribution is -0.137. The Hall–Kier alpha value is -3.27. The number of piperazine rings is 1. The molecule has 0 amide bonds. The van der Waals surface area contributed by atoms with Crippen LogP contribution in [0.2, 0.25) is 0 Å². The summed E-state index contributed by atoms with van der Waals surface area (Å²) in [5.74, 6) is -0.559. The van der Waals surface area contributed by atoms with Gasteiger partial charge in [0, 0.05) is 56.9 Å². The number of Topliss-reactive ketones (excluding diaryl/α,β-unsaturated/α-hetero) is 1. The molecular weight excluding hydrogens is 534 g/mol. The molecule has 2 aliphatic heterocycles. The average molecular weight is 570 g/mol. The maximum atomic E-state index is 15.6. The molecule has 0 aliphatic carbocycles. The van der Waals surface area contributed by atoms with Gasteiger partial charge in [-0.1, -0.05) is 60.7 Å². The van der Waals surface area contributed by atoms with Crippen LogP contribution in [0.3, 0.4) is 0 Å². The lowest BCUT2D eigenvalue weighted by Gasteiger charge is -2.48.